The van der Waals surface area contributed by atoms with Crippen LogP contribution in [0.4, 0.5) is 4.39 Å². The molecule has 0 aliphatic rings. The van der Waals surface area contributed by atoms with Crippen molar-refractivity contribution in [2.75, 3.05) is 13.2 Å². The number of aliphatic hydroxyl groups is 1. The molecule has 0 aromatic heterocycles. The number of esters is 1. The van der Waals surface area contributed by atoms with Crippen molar-refractivity contribution in [3.05, 3.63) is 29.6 Å². The van der Waals surface area contributed by atoms with Crippen LogP contribution in [-0.4, -0.2) is 24.3 Å². The number of hydrogen-bond donors (Lipinski definition) is 1. The molecule has 0 fully saturated rings. The Balaban J connectivity index is 2.21. The fourth-order valence-corrected chi connectivity index (χ4v) is 1.91. The Hall–Kier alpha value is -1.62. The lowest BCUT2D eigenvalue weighted by atomic mass is 10.1. The van der Waals surface area contributed by atoms with E-state index in [1.807, 2.05) is 0 Å². The second-order valence-corrected chi connectivity index (χ2v) is 4.82. The van der Waals surface area contributed by atoms with Gasteiger partial charge in [-0.05, 0) is 45.2 Å². The van der Waals surface area contributed by atoms with Crippen LogP contribution >= 0.6 is 0 Å². The molecule has 1 N–H and O–H groups in total. The largest absolute Gasteiger partial charge is 0.493 e. The molecule has 0 unspecified atom stereocenters. The molecule has 1 aromatic rings. The molecular weight excluding hydrogens is 275 g/mol. The summed E-state index contributed by atoms with van der Waals surface area (Å²) in [6.45, 7) is 4.18. The van der Waals surface area contributed by atoms with Gasteiger partial charge in [-0.1, -0.05) is 0 Å². The maximum absolute atomic E-state index is 13.6. The number of carbonyl (C=O) groups excluding carboxylic acids is 1. The number of carbonyl (C=O) groups is 1. The Kier molecular flexibility index (Phi) is 7.75. The van der Waals surface area contributed by atoms with Gasteiger partial charge in [-0.15, -0.1) is 0 Å². The van der Waals surface area contributed by atoms with Gasteiger partial charge in [0, 0.05) is 18.1 Å². The lowest BCUT2D eigenvalue weighted by Crippen LogP contribution is -2.04. The van der Waals surface area contributed by atoms with Crippen molar-refractivity contribution in [3.8, 4) is 5.75 Å². The van der Waals surface area contributed by atoms with E-state index in [1.54, 1.807) is 13.0 Å². The van der Waals surface area contributed by atoms with Gasteiger partial charge < -0.3 is 14.6 Å². The van der Waals surface area contributed by atoms with E-state index >= 15 is 0 Å². The summed E-state index contributed by atoms with van der Waals surface area (Å²) in [5, 5.41) is 9.33. The van der Waals surface area contributed by atoms with Gasteiger partial charge in [-0.2, -0.15) is 0 Å². The van der Waals surface area contributed by atoms with Crippen LogP contribution in [0.15, 0.2) is 18.2 Å². The number of ether oxygens (including phenoxy) is 2. The quantitative estimate of drug-likeness (QED) is 0.561. The Morgan fingerprint density at radius 1 is 1.33 bits per heavy atom. The first-order valence-electron chi connectivity index (χ1n) is 7.30. The molecular formula is C16H23FO4. The minimum Gasteiger partial charge on any atom is -0.493 e. The van der Waals surface area contributed by atoms with Crippen LogP contribution in [0.3, 0.4) is 0 Å². The summed E-state index contributed by atoms with van der Waals surface area (Å²) in [4.78, 5) is 11.1. The molecule has 21 heavy (non-hydrogen) atoms. The van der Waals surface area contributed by atoms with Crippen LogP contribution in [-0.2, 0) is 9.53 Å². The highest BCUT2D eigenvalue weighted by Crippen LogP contribution is 2.21. The van der Waals surface area contributed by atoms with Crippen molar-refractivity contribution >= 4 is 5.97 Å². The Labute approximate surface area is 124 Å². The lowest BCUT2D eigenvalue weighted by Gasteiger charge is -2.10. The maximum atomic E-state index is 13.6. The van der Waals surface area contributed by atoms with E-state index in [2.05, 4.69) is 0 Å². The van der Waals surface area contributed by atoms with Crippen LogP contribution < -0.4 is 4.74 Å². The van der Waals surface area contributed by atoms with E-state index in [9.17, 15) is 14.3 Å². The zero-order chi connectivity index (χ0) is 15.7. The summed E-state index contributed by atoms with van der Waals surface area (Å²) >= 11 is 0. The van der Waals surface area contributed by atoms with E-state index in [0.717, 1.165) is 19.3 Å². The SMILES string of the molecule is CCOC(=O)CCCCCOc1ccc([C@@H](C)O)c(F)c1. The standard InChI is InChI=1S/C16H23FO4/c1-3-20-16(19)7-5-4-6-10-21-13-8-9-14(12(2)18)15(17)11-13/h8-9,11-12,18H,3-7,10H2,1-2H3/t12-/m1/s1. The molecule has 0 saturated heterocycles. The molecule has 0 amide bonds. The Bertz CT molecular complexity index is 446. The highest BCUT2D eigenvalue weighted by Gasteiger charge is 2.09. The maximum Gasteiger partial charge on any atom is 0.305 e. The summed E-state index contributed by atoms with van der Waals surface area (Å²) in [7, 11) is 0. The second kappa shape index (κ2) is 9.34. The molecule has 0 heterocycles. The average Bonchev–Trinajstić information content (AvgIpc) is 2.42. The molecule has 0 aliphatic carbocycles. The van der Waals surface area contributed by atoms with Crippen molar-refractivity contribution in [1.82, 2.24) is 0 Å². The molecule has 5 heteroatoms. The fourth-order valence-electron chi connectivity index (χ4n) is 1.91. The normalized spacial score (nSPS) is 12.0. The number of benzene rings is 1. The molecule has 4 nitrogen and oxygen atoms in total. The molecule has 1 rings (SSSR count). The van der Waals surface area contributed by atoms with Crippen molar-refractivity contribution in [2.45, 2.75) is 45.6 Å². The molecule has 1 aromatic carbocycles. The molecule has 1 atom stereocenters. The summed E-state index contributed by atoms with van der Waals surface area (Å²) in [6.07, 6.45) is 2.00. The molecule has 0 aliphatic heterocycles. The van der Waals surface area contributed by atoms with Gasteiger partial charge in [0.1, 0.15) is 11.6 Å². The minimum atomic E-state index is -0.832. The van der Waals surface area contributed by atoms with Crippen molar-refractivity contribution in [1.29, 1.82) is 0 Å². The molecule has 0 spiro atoms. The van der Waals surface area contributed by atoms with E-state index in [-0.39, 0.29) is 11.5 Å². The van der Waals surface area contributed by atoms with Gasteiger partial charge in [0.15, 0.2) is 0 Å². The third kappa shape index (κ3) is 6.58. The minimum absolute atomic E-state index is 0.172. The number of rotatable bonds is 9. The number of hydrogen-bond acceptors (Lipinski definition) is 4. The first-order valence-corrected chi connectivity index (χ1v) is 7.30. The molecule has 118 valence electrons. The molecule has 0 bridgehead atoms. The van der Waals surface area contributed by atoms with Crippen LogP contribution in [0.25, 0.3) is 0 Å². The number of halogens is 1. The Morgan fingerprint density at radius 3 is 2.71 bits per heavy atom. The van der Waals surface area contributed by atoms with Gasteiger partial charge in [0.05, 0.1) is 19.3 Å². The fraction of sp³-hybridized carbons (Fsp3) is 0.562. The highest BCUT2D eigenvalue weighted by molar-refractivity contribution is 5.69. The third-order valence-corrected chi connectivity index (χ3v) is 3.02. The van der Waals surface area contributed by atoms with Crippen LogP contribution in [0, 0.1) is 5.82 Å². The van der Waals surface area contributed by atoms with Gasteiger partial charge in [-0.3, -0.25) is 4.79 Å². The predicted octanol–water partition coefficient (Wildman–Crippen LogP) is 3.38. The summed E-state index contributed by atoms with van der Waals surface area (Å²) < 4.78 is 23.9. The third-order valence-electron chi connectivity index (χ3n) is 3.02. The van der Waals surface area contributed by atoms with Gasteiger partial charge in [-0.25, -0.2) is 4.39 Å². The monoisotopic (exact) mass is 298 g/mol. The summed E-state index contributed by atoms with van der Waals surface area (Å²) in [5.74, 6) is -0.193. The number of unbranched alkanes of at least 4 members (excludes halogenated alkanes) is 2. The predicted molar refractivity (Wildman–Crippen MR) is 77.6 cm³/mol. The van der Waals surface area contributed by atoms with Crippen molar-refractivity contribution < 1.29 is 23.8 Å². The molecule has 0 radical (unpaired) electrons. The van der Waals surface area contributed by atoms with E-state index in [1.165, 1.54) is 19.1 Å². The van der Waals surface area contributed by atoms with E-state index in [0.29, 0.717) is 25.4 Å². The van der Waals surface area contributed by atoms with Crippen molar-refractivity contribution in [3.63, 3.8) is 0 Å². The van der Waals surface area contributed by atoms with Crippen LogP contribution in [0.5, 0.6) is 5.75 Å². The van der Waals surface area contributed by atoms with E-state index in [4.69, 9.17) is 9.47 Å². The summed E-state index contributed by atoms with van der Waals surface area (Å²) in [6, 6.07) is 4.44. The van der Waals surface area contributed by atoms with Crippen molar-refractivity contribution in [2.24, 2.45) is 0 Å². The van der Waals surface area contributed by atoms with Gasteiger partial charge in [0.25, 0.3) is 0 Å². The zero-order valence-electron chi connectivity index (χ0n) is 12.6. The number of aliphatic hydroxyl groups excluding tert-OH is 1. The first kappa shape index (κ1) is 17.4. The smallest absolute Gasteiger partial charge is 0.305 e. The van der Waals surface area contributed by atoms with Crippen LogP contribution in [0.1, 0.15) is 51.2 Å². The average molecular weight is 298 g/mol. The Morgan fingerprint density at radius 2 is 2.10 bits per heavy atom. The van der Waals surface area contributed by atoms with Gasteiger partial charge in [0.2, 0.25) is 0 Å². The topological polar surface area (TPSA) is 55.8 Å². The molecule has 0 saturated carbocycles. The summed E-state index contributed by atoms with van der Waals surface area (Å²) in [5.41, 5.74) is 0.261. The lowest BCUT2D eigenvalue weighted by molar-refractivity contribution is -0.143. The van der Waals surface area contributed by atoms with Gasteiger partial charge >= 0.3 is 5.97 Å². The zero-order valence-corrected chi connectivity index (χ0v) is 12.6. The van der Waals surface area contributed by atoms with E-state index < -0.39 is 11.9 Å². The highest BCUT2D eigenvalue weighted by atomic mass is 19.1. The van der Waals surface area contributed by atoms with Crippen LogP contribution in [0.2, 0.25) is 0 Å². The second-order valence-electron chi connectivity index (χ2n) is 4.82. The first-order chi connectivity index (χ1) is 10.0.